The summed E-state index contributed by atoms with van der Waals surface area (Å²) in [7, 11) is 0. The van der Waals surface area contributed by atoms with Crippen molar-refractivity contribution >= 4 is 29.1 Å². The summed E-state index contributed by atoms with van der Waals surface area (Å²) >= 11 is 6.27. The summed E-state index contributed by atoms with van der Waals surface area (Å²) in [5, 5.41) is 6.29. The number of aryl methyl sites for hydroxylation is 2. The van der Waals surface area contributed by atoms with Gasteiger partial charge in [0.1, 0.15) is 5.41 Å². The van der Waals surface area contributed by atoms with Crippen molar-refractivity contribution in [1.82, 2.24) is 10.2 Å². The van der Waals surface area contributed by atoms with E-state index in [2.05, 4.69) is 15.5 Å². The maximum Gasteiger partial charge on any atom is 0.240 e. The molecule has 0 radical (unpaired) electrons. The van der Waals surface area contributed by atoms with Gasteiger partial charge in [0.25, 0.3) is 0 Å². The van der Waals surface area contributed by atoms with Gasteiger partial charge in [-0.15, -0.1) is 0 Å². The third-order valence-electron chi connectivity index (χ3n) is 5.11. The molecule has 2 N–H and O–H groups in total. The minimum absolute atomic E-state index is 0.191. The van der Waals surface area contributed by atoms with Crippen LogP contribution in [0.5, 0.6) is 0 Å². The lowest BCUT2D eigenvalue weighted by Gasteiger charge is -2.26. The van der Waals surface area contributed by atoms with Gasteiger partial charge in [0.2, 0.25) is 11.8 Å². The second-order valence-electron chi connectivity index (χ2n) is 7.18. The van der Waals surface area contributed by atoms with E-state index in [-0.39, 0.29) is 11.8 Å². The van der Waals surface area contributed by atoms with Crippen molar-refractivity contribution in [3.8, 4) is 0 Å². The summed E-state index contributed by atoms with van der Waals surface area (Å²) in [6.07, 6.45) is 1.15. The molecule has 0 bridgehead atoms. The van der Waals surface area contributed by atoms with Crippen molar-refractivity contribution in [2.24, 2.45) is 5.41 Å². The maximum absolute atomic E-state index is 12.7. The van der Waals surface area contributed by atoms with Gasteiger partial charge < -0.3 is 15.4 Å². The fourth-order valence-electron chi connectivity index (χ4n) is 3.31. The molecule has 3 rings (SSSR count). The first-order valence-electron chi connectivity index (χ1n) is 9.09. The molecule has 0 spiro atoms. The molecule has 1 saturated carbocycles. The number of carbonyl (C=O) groups excluding carboxylic acids is 2. The summed E-state index contributed by atoms with van der Waals surface area (Å²) in [4.78, 5) is 27.6. The Morgan fingerprint density at radius 3 is 2.50 bits per heavy atom. The number of nitrogens with one attached hydrogen (secondary N) is 2. The molecule has 2 aliphatic rings. The van der Waals surface area contributed by atoms with Crippen LogP contribution in [0, 0.1) is 19.3 Å². The lowest BCUT2D eigenvalue weighted by molar-refractivity contribution is -0.134. The van der Waals surface area contributed by atoms with Gasteiger partial charge in [0.05, 0.1) is 23.9 Å². The SMILES string of the molecule is Cc1cc(C)c(NC(=O)C2(C(=O)NCCN3CCOCC3)CC2)c(Cl)c1. The van der Waals surface area contributed by atoms with Gasteiger partial charge in [-0.2, -0.15) is 0 Å². The Bertz CT molecular complexity index is 674. The number of carbonyl (C=O) groups is 2. The third-order valence-corrected chi connectivity index (χ3v) is 5.40. The molecule has 1 aromatic rings. The molecule has 2 fully saturated rings. The number of anilines is 1. The standard InChI is InChI=1S/C19H26ClN3O3/c1-13-11-14(2)16(15(20)12-13)22-18(25)19(3-4-19)17(24)21-5-6-23-7-9-26-10-8-23/h11-12H,3-10H2,1-2H3,(H,21,24)(H,22,25). The van der Waals surface area contributed by atoms with Gasteiger partial charge in [-0.3, -0.25) is 14.5 Å². The number of hydrogen-bond donors (Lipinski definition) is 2. The quantitative estimate of drug-likeness (QED) is 0.743. The van der Waals surface area contributed by atoms with Crippen molar-refractivity contribution in [3.63, 3.8) is 0 Å². The average molecular weight is 380 g/mol. The molecule has 1 aliphatic carbocycles. The second-order valence-corrected chi connectivity index (χ2v) is 7.59. The Morgan fingerprint density at radius 1 is 1.19 bits per heavy atom. The molecular formula is C19H26ClN3O3. The molecule has 0 aromatic heterocycles. The van der Waals surface area contributed by atoms with Gasteiger partial charge in [-0.05, 0) is 43.9 Å². The van der Waals surface area contributed by atoms with E-state index >= 15 is 0 Å². The number of hydrogen-bond acceptors (Lipinski definition) is 4. The van der Waals surface area contributed by atoms with Crippen LogP contribution in [-0.4, -0.2) is 56.1 Å². The van der Waals surface area contributed by atoms with E-state index in [9.17, 15) is 9.59 Å². The first-order chi connectivity index (χ1) is 12.4. The van der Waals surface area contributed by atoms with E-state index in [0.717, 1.165) is 44.0 Å². The van der Waals surface area contributed by atoms with E-state index in [1.54, 1.807) is 0 Å². The first-order valence-corrected chi connectivity index (χ1v) is 9.47. The highest BCUT2D eigenvalue weighted by atomic mass is 35.5. The van der Waals surface area contributed by atoms with Crippen LogP contribution in [0.4, 0.5) is 5.69 Å². The van der Waals surface area contributed by atoms with Gasteiger partial charge >= 0.3 is 0 Å². The number of morpholine rings is 1. The van der Waals surface area contributed by atoms with Crippen LogP contribution in [0.1, 0.15) is 24.0 Å². The van der Waals surface area contributed by atoms with Crippen molar-refractivity contribution in [2.45, 2.75) is 26.7 Å². The van der Waals surface area contributed by atoms with Crippen LogP contribution in [0.15, 0.2) is 12.1 Å². The predicted octanol–water partition coefficient (Wildman–Crippen LogP) is 2.12. The summed E-state index contributed by atoms with van der Waals surface area (Å²) in [6.45, 7) is 8.40. The minimum Gasteiger partial charge on any atom is -0.379 e. The molecule has 1 aromatic carbocycles. The van der Waals surface area contributed by atoms with Crippen LogP contribution < -0.4 is 10.6 Å². The summed E-state index contributed by atoms with van der Waals surface area (Å²) < 4.78 is 5.31. The largest absolute Gasteiger partial charge is 0.379 e. The highest BCUT2D eigenvalue weighted by Gasteiger charge is 2.56. The highest BCUT2D eigenvalue weighted by Crippen LogP contribution is 2.47. The smallest absolute Gasteiger partial charge is 0.240 e. The molecule has 142 valence electrons. The fraction of sp³-hybridized carbons (Fsp3) is 0.579. The van der Waals surface area contributed by atoms with E-state index in [1.807, 2.05) is 26.0 Å². The van der Waals surface area contributed by atoms with Crippen molar-refractivity contribution in [2.75, 3.05) is 44.7 Å². The molecule has 0 atom stereocenters. The summed E-state index contributed by atoms with van der Waals surface area (Å²) in [5.74, 6) is -0.459. The number of halogens is 1. The van der Waals surface area contributed by atoms with Crippen molar-refractivity contribution < 1.29 is 14.3 Å². The average Bonchev–Trinajstić information content (AvgIpc) is 3.41. The Morgan fingerprint density at radius 2 is 1.88 bits per heavy atom. The van der Waals surface area contributed by atoms with E-state index in [0.29, 0.717) is 30.1 Å². The van der Waals surface area contributed by atoms with Crippen molar-refractivity contribution in [3.05, 3.63) is 28.3 Å². The number of benzene rings is 1. The van der Waals surface area contributed by atoms with Crippen molar-refractivity contribution in [1.29, 1.82) is 0 Å². The lowest BCUT2D eigenvalue weighted by Crippen LogP contribution is -2.45. The van der Waals surface area contributed by atoms with E-state index in [4.69, 9.17) is 16.3 Å². The second kappa shape index (κ2) is 7.94. The van der Waals surface area contributed by atoms with Crippen LogP contribution in [0.25, 0.3) is 0 Å². The monoisotopic (exact) mass is 379 g/mol. The minimum atomic E-state index is -0.953. The highest BCUT2D eigenvalue weighted by molar-refractivity contribution is 6.34. The molecular weight excluding hydrogens is 354 g/mol. The molecule has 7 heteroatoms. The molecule has 2 amide bonds. The number of amides is 2. The Labute approximate surface area is 159 Å². The van der Waals surface area contributed by atoms with E-state index < -0.39 is 5.41 Å². The van der Waals surface area contributed by atoms with Gasteiger partial charge in [0.15, 0.2) is 0 Å². The zero-order valence-electron chi connectivity index (χ0n) is 15.4. The Hall–Kier alpha value is -1.63. The normalized spacial score (nSPS) is 19.0. The molecule has 1 heterocycles. The lowest BCUT2D eigenvalue weighted by atomic mass is 10.0. The van der Waals surface area contributed by atoms with Gasteiger partial charge in [0, 0.05) is 26.2 Å². The summed E-state index contributed by atoms with van der Waals surface area (Å²) in [6, 6.07) is 3.77. The van der Waals surface area contributed by atoms with Gasteiger partial charge in [-0.1, -0.05) is 17.7 Å². The van der Waals surface area contributed by atoms with Crippen LogP contribution in [0.3, 0.4) is 0 Å². The fourth-order valence-corrected chi connectivity index (χ4v) is 3.68. The zero-order valence-corrected chi connectivity index (χ0v) is 16.1. The maximum atomic E-state index is 12.7. The number of nitrogens with zero attached hydrogens (tertiary/aromatic N) is 1. The zero-order chi connectivity index (χ0) is 18.7. The Balaban J connectivity index is 1.56. The number of ether oxygens (including phenoxy) is 1. The third kappa shape index (κ3) is 4.19. The molecule has 0 unspecified atom stereocenters. The van der Waals surface area contributed by atoms with Crippen LogP contribution in [-0.2, 0) is 14.3 Å². The first kappa shape index (κ1) is 19.1. The molecule has 1 aliphatic heterocycles. The molecule has 1 saturated heterocycles. The van der Waals surface area contributed by atoms with Gasteiger partial charge in [-0.25, -0.2) is 0 Å². The summed E-state index contributed by atoms with van der Waals surface area (Å²) in [5.41, 5.74) is 1.57. The van der Waals surface area contributed by atoms with E-state index in [1.165, 1.54) is 0 Å². The molecule has 26 heavy (non-hydrogen) atoms. The molecule has 6 nitrogen and oxygen atoms in total. The number of rotatable bonds is 6. The topological polar surface area (TPSA) is 70.7 Å². The van der Waals surface area contributed by atoms with Crippen LogP contribution in [0.2, 0.25) is 5.02 Å². The van der Waals surface area contributed by atoms with Crippen LogP contribution >= 0.6 is 11.6 Å². The predicted molar refractivity (Wildman–Crippen MR) is 101 cm³/mol. The Kier molecular flexibility index (Phi) is 5.85.